The third-order valence-electron chi connectivity index (χ3n) is 5.75. The predicted octanol–water partition coefficient (Wildman–Crippen LogP) is 3.26. The van der Waals surface area contributed by atoms with Crippen LogP contribution in [0.25, 0.3) is 5.69 Å². The summed E-state index contributed by atoms with van der Waals surface area (Å²) in [6, 6.07) is 20.5. The second kappa shape index (κ2) is 8.52. The maximum absolute atomic E-state index is 10.3. The molecule has 1 aliphatic rings. The Balaban J connectivity index is 1.46. The Morgan fingerprint density at radius 2 is 1.75 bits per heavy atom. The van der Waals surface area contributed by atoms with E-state index >= 15 is 0 Å². The zero-order valence-electron chi connectivity index (χ0n) is 16.1. The van der Waals surface area contributed by atoms with Gasteiger partial charge in [0.15, 0.2) is 0 Å². The van der Waals surface area contributed by atoms with E-state index in [2.05, 4.69) is 50.8 Å². The Hall–Kier alpha value is -2.73. The molecule has 28 heavy (non-hydrogen) atoms. The number of benzene rings is 2. The number of aliphatic hydroxyl groups is 1. The lowest BCUT2D eigenvalue weighted by molar-refractivity contribution is 0.0934. The second-order valence-electron chi connectivity index (χ2n) is 7.75. The zero-order chi connectivity index (χ0) is 19.2. The number of rotatable bonds is 7. The van der Waals surface area contributed by atoms with Gasteiger partial charge < -0.3 is 10.0 Å². The summed E-state index contributed by atoms with van der Waals surface area (Å²) in [7, 11) is 0. The van der Waals surface area contributed by atoms with Crippen LogP contribution in [0.2, 0.25) is 0 Å². The Bertz CT molecular complexity index is 867. The van der Waals surface area contributed by atoms with Crippen molar-refractivity contribution in [1.29, 1.82) is 0 Å². The third-order valence-corrected chi connectivity index (χ3v) is 5.75. The second-order valence-corrected chi connectivity index (χ2v) is 7.75. The Kier molecular flexibility index (Phi) is 5.67. The van der Waals surface area contributed by atoms with Crippen molar-refractivity contribution in [3.05, 3.63) is 66.2 Å². The molecule has 1 saturated heterocycles. The number of tetrazole rings is 1. The summed E-state index contributed by atoms with van der Waals surface area (Å²) in [5.41, 5.74) is 2.21. The van der Waals surface area contributed by atoms with Gasteiger partial charge in [0.25, 0.3) is 0 Å². The van der Waals surface area contributed by atoms with Gasteiger partial charge in [-0.05, 0) is 60.2 Å². The van der Waals surface area contributed by atoms with Crippen LogP contribution in [0.15, 0.2) is 60.7 Å². The molecule has 0 bridgehead atoms. The van der Waals surface area contributed by atoms with Crippen molar-refractivity contribution in [2.75, 3.05) is 24.6 Å². The average Bonchev–Trinajstić information content (AvgIpc) is 3.25. The quantitative estimate of drug-likeness (QED) is 0.684. The minimum atomic E-state index is -0.0967. The van der Waals surface area contributed by atoms with Gasteiger partial charge in [0.05, 0.1) is 12.3 Å². The van der Waals surface area contributed by atoms with Crippen LogP contribution in [0.5, 0.6) is 0 Å². The molecule has 3 aromatic rings. The van der Waals surface area contributed by atoms with Gasteiger partial charge in [-0.1, -0.05) is 53.6 Å². The van der Waals surface area contributed by atoms with Crippen molar-refractivity contribution in [2.45, 2.75) is 32.1 Å². The molecule has 4 rings (SSSR count). The first-order valence-electron chi connectivity index (χ1n) is 10.0. The zero-order valence-corrected chi connectivity index (χ0v) is 16.1. The van der Waals surface area contributed by atoms with E-state index in [1.54, 1.807) is 4.68 Å². The molecular weight excluding hydrogens is 350 g/mol. The van der Waals surface area contributed by atoms with Crippen molar-refractivity contribution in [3.8, 4) is 5.69 Å². The van der Waals surface area contributed by atoms with E-state index in [0.29, 0.717) is 0 Å². The van der Waals surface area contributed by atoms with Crippen molar-refractivity contribution >= 4 is 5.95 Å². The minimum Gasteiger partial charge on any atom is -0.396 e. The fraction of sp³-hybridized carbons (Fsp3) is 0.409. The lowest BCUT2D eigenvalue weighted by Gasteiger charge is -2.42. The van der Waals surface area contributed by atoms with Crippen LogP contribution >= 0.6 is 0 Å². The molecular formula is C22H27N5O. The van der Waals surface area contributed by atoms with Crippen LogP contribution < -0.4 is 4.90 Å². The number of para-hydroxylation sites is 1. The van der Waals surface area contributed by atoms with E-state index in [0.717, 1.165) is 56.8 Å². The number of anilines is 1. The summed E-state index contributed by atoms with van der Waals surface area (Å²) in [6.07, 6.45) is 5.20. The molecule has 1 aliphatic heterocycles. The molecule has 146 valence electrons. The average molecular weight is 377 g/mol. The normalized spacial score (nSPS) is 19.7. The van der Waals surface area contributed by atoms with Crippen molar-refractivity contribution < 1.29 is 5.11 Å². The molecule has 6 heteroatoms. The Labute approximate surface area is 165 Å². The van der Waals surface area contributed by atoms with E-state index in [9.17, 15) is 5.11 Å². The van der Waals surface area contributed by atoms with E-state index in [4.69, 9.17) is 0 Å². The molecule has 0 spiro atoms. The SMILES string of the molecule is OC[C@]1(CCCc2ccccc2)CCCN(c2nnnn2-c2ccccc2)C1. The molecule has 0 unspecified atom stereocenters. The number of hydrogen-bond acceptors (Lipinski definition) is 5. The van der Waals surface area contributed by atoms with Gasteiger partial charge in [0, 0.05) is 18.5 Å². The lowest BCUT2D eigenvalue weighted by atomic mass is 9.76. The highest BCUT2D eigenvalue weighted by atomic mass is 16.3. The standard InChI is InChI=1S/C22H27N5O/c28-18-22(14-7-11-19-9-3-1-4-10-19)15-8-16-26(17-22)21-23-24-25-27(21)20-12-5-2-6-13-20/h1-6,9-10,12-13,28H,7-8,11,14-18H2/t22-/m1/s1. The monoisotopic (exact) mass is 377 g/mol. The molecule has 2 heterocycles. The highest BCUT2D eigenvalue weighted by Crippen LogP contribution is 2.36. The number of aromatic nitrogens is 4. The van der Waals surface area contributed by atoms with Crippen molar-refractivity contribution in [2.24, 2.45) is 5.41 Å². The summed E-state index contributed by atoms with van der Waals surface area (Å²) in [6.45, 7) is 1.89. The summed E-state index contributed by atoms with van der Waals surface area (Å²) in [5.74, 6) is 0.756. The van der Waals surface area contributed by atoms with Gasteiger partial charge in [-0.15, -0.1) is 0 Å². The van der Waals surface area contributed by atoms with Gasteiger partial charge in [-0.25, -0.2) is 0 Å². The van der Waals surface area contributed by atoms with Crippen LogP contribution in [-0.2, 0) is 6.42 Å². The first-order chi connectivity index (χ1) is 13.8. The molecule has 1 fully saturated rings. The Morgan fingerprint density at radius 1 is 1.00 bits per heavy atom. The largest absolute Gasteiger partial charge is 0.396 e. The molecule has 2 aromatic carbocycles. The predicted molar refractivity (Wildman–Crippen MR) is 109 cm³/mol. The lowest BCUT2D eigenvalue weighted by Crippen LogP contribution is -2.46. The minimum absolute atomic E-state index is 0.0967. The molecule has 0 aliphatic carbocycles. The summed E-state index contributed by atoms with van der Waals surface area (Å²) >= 11 is 0. The first-order valence-corrected chi connectivity index (χ1v) is 10.0. The molecule has 1 atom stereocenters. The fourth-order valence-electron chi connectivity index (χ4n) is 4.22. The molecule has 0 radical (unpaired) electrons. The van der Waals surface area contributed by atoms with E-state index in [1.165, 1.54) is 5.56 Å². The maximum Gasteiger partial charge on any atom is 0.250 e. The smallest absolute Gasteiger partial charge is 0.250 e. The number of nitrogens with zero attached hydrogens (tertiary/aromatic N) is 5. The van der Waals surface area contributed by atoms with Crippen LogP contribution in [0.3, 0.4) is 0 Å². The van der Waals surface area contributed by atoms with E-state index in [-0.39, 0.29) is 12.0 Å². The fourth-order valence-corrected chi connectivity index (χ4v) is 4.22. The summed E-state index contributed by atoms with van der Waals surface area (Å²) in [5, 5.41) is 22.6. The van der Waals surface area contributed by atoms with Crippen LogP contribution in [0.4, 0.5) is 5.95 Å². The summed E-state index contributed by atoms with van der Waals surface area (Å²) in [4.78, 5) is 2.23. The van der Waals surface area contributed by atoms with Gasteiger partial charge in [-0.2, -0.15) is 4.68 Å². The van der Waals surface area contributed by atoms with Crippen LogP contribution in [0.1, 0.15) is 31.2 Å². The van der Waals surface area contributed by atoms with Gasteiger partial charge in [0.2, 0.25) is 5.95 Å². The molecule has 6 nitrogen and oxygen atoms in total. The van der Waals surface area contributed by atoms with Crippen molar-refractivity contribution in [1.82, 2.24) is 20.2 Å². The topological polar surface area (TPSA) is 67.1 Å². The highest BCUT2D eigenvalue weighted by Gasteiger charge is 2.36. The van der Waals surface area contributed by atoms with Gasteiger partial charge >= 0.3 is 0 Å². The molecule has 0 amide bonds. The van der Waals surface area contributed by atoms with E-state index < -0.39 is 0 Å². The van der Waals surface area contributed by atoms with Crippen LogP contribution in [0, 0.1) is 5.41 Å². The van der Waals surface area contributed by atoms with E-state index in [1.807, 2.05) is 30.3 Å². The molecule has 0 saturated carbocycles. The summed E-state index contributed by atoms with van der Waals surface area (Å²) < 4.78 is 1.79. The third kappa shape index (κ3) is 4.07. The molecule has 1 aromatic heterocycles. The number of hydrogen-bond donors (Lipinski definition) is 1. The number of aryl methyl sites for hydroxylation is 1. The Morgan fingerprint density at radius 3 is 2.50 bits per heavy atom. The van der Waals surface area contributed by atoms with Crippen LogP contribution in [-0.4, -0.2) is 45.0 Å². The number of piperidine rings is 1. The highest BCUT2D eigenvalue weighted by molar-refractivity contribution is 5.41. The van der Waals surface area contributed by atoms with Gasteiger partial charge in [0.1, 0.15) is 0 Å². The first kappa shape index (κ1) is 18.6. The maximum atomic E-state index is 10.3. The number of aliphatic hydroxyl groups excluding tert-OH is 1. The van der Waals surface area contributed by atoms with Crippen molar-refractivity contribution in [3.63, 3.8) is 0 Å². The molecule has 1 N–H and O–H groups in total. The van der Waals surface area contributed by atoms with Gasteiger partial charge in [-0.3, -0.25) is 0 Å².